The molecule has 96 valence electrons. The number of anilines is 1. The summed E-state index contributed by atoms with van der Waals surface area (Å²) >= 11 is 0. The Balaban J connectivity index is 2.20. The number of amides is 1. The summed E-state index contributed by atoms with van der Waals surface area (Å²) in [6.07, 6.45) is 0.872. The number of ether oxygens (including phenoxy) is 1. The highest BCUT2D eigenvalue weighted by molar-refractivity contribution is 5.97. The van der Waals surface area contributed by atoms with Gasteiger partial charge >= 0.3 is 0 Å². The highest BCUT2D eigenvalue weighted by Crippen LogP contribution is 2.32. The molecule has 1 amide bonds. The van der Waals surface area contributed by atoms with Crippen LogP contribution >= 0.6 is 0 Å². The summed E-state index contributed by atoms with van der Waals surface area (Å²) in [5, 5.41) is 0. The van der Waals surface area contributed by atoms with Crippen molar-refractivity contribution >= 4 is 17.9 Å². The monoisotopic (exact) mass is 248 g/mol. The molecule has 2 rings (SSSR count). The third kappa shape index (κ3) is 2.51. The Hall–Kier alpha value is -1.88. The van der Waals surface area contributed by atoms with Crippen LogP contribution in [0.25, 0.3) is 0 Å². The van der Waals surface area contributed by atoms with E-state index >= 15 is 0 Å². The molecule has 1 aliphatic rings. The zero-order chi connectivity index (χ0) is 13.1. The molecule has 1 heterocycles. The predicted octanol–water partition coefficient (Wildman–Crippen LogP) is 0.672. The normalized spacial score (nSPS) is 14.4. The lowest BCUT2D eigenvalue weighted by atomic mass is 10.1. The Labute approximate surface area is 106 Å². The summed E-state index contributed by atoms with van der Waals surface area (Å²) in [4.78, 5) is 25.5. The van der Waals surface area contributed by atoms with Crippen LogP contribution in [0.2, 0.25) is 0 Å². The highest BCUT2D eigenvalue weighted by Gasteiger charge is 2.22. The maximum absolute atomic E-state index is 11.5. The van der Waals surface area contributed by atoms with Gasteiger partial charge in [0.05, 0.1) is 12.2 Å². The fourth-order valence-electron chi connectivity index (χ4n) is 1.92. The average Bonchev–Trinajstić information content (AvgIpc) is 2.35. The summed E-state index contributed by atoms with van der Waals surface area (Å²) in [5.74, 6) is 0.666. The van der Waals surface area contributed by atoms with Crippen LogP contribution in [0.15, 0.2) is 18.2 Å². The quantitative estimate of drug-likeness (QED) is 0.735. The number of hydrogen-bond acceptors (Lipinski definition) is 4. The van der Waals surface area contributed by atoms with E-state index in [1.165, 1.54) is 0 Å². The lowest BCUT2D eigenvalue weighted by Crippen LogP contribution is -2.35. The van der Waals surface area contributed by atoms with Gasteiger partial charge in [0.2, 0.25) is 0 Å². The van der Waals surface area contributed by atoms with Crippen molar-refractivity contribution in [1.82, 2.24) is 4.90 Å². The van der Waals surface area contributed by atoms with Crippen LogP contribution in [0.1, 0.15) is 5.56 Å². The number of benzene rings is 1. The second kappa shape index (κ2) is 5.18. The van der Waals surface area contributed by atoms with Crippen molar-refractivity contribution in [3.05, 3.63) is 23.8 Å². The van der Waals surface area contributed by atoms with Crippen LogP contribution in [0, 0.1) is 0 Å². The van der Waals surface area contributed by atoms with Gasteiger partial charge in [-0.05, 0) is 24.7 Å². The Morgan fingerprint density at radius 2 is 2.28 bits per heavy atom. The topological polar surface area (TPSA) is 49.9 Å². The van der Waals surface area contributed by atoms with Crippen molar-refractivity contribution in [3.8, 4) is 5.75 Å². The Kier molecular flexibility index (Phi) is 3.62. The number of rotatable bonds is 4. The predicted molar refractivity (Wildman–Crippen MR) is 67.7 cm³/mol. The minimum atomic E-state index is -0.0547. The molecule has 1 aromatic rings. The molecule has 0 atom stereocenters. The molecule has 0 spiro atoms. The first-order chi connectivity index (χ1) is 8.61. The third-order valence-electron chi connectivity index (χ3n) is 2.95. The van der Waals surface area contributed by atoms with Crippen molar-refractivity contribution in [3.63, 3.8) is 0 Å². The van der Waals surface area contributed by atoms with Gasteiger partial charge in [0, 0.05) is 13.6 Å². The smallest absolute Gasteiger partial charge is 0.264 e. The van der Waals surface area contributed by atoms with Gasteiger partial charge in [0.25, 0.3) is 5.91 Å². The molecule has 18 heavy (non-hydrogen) atoms. The van der Waals surface area contributed by atoms with E-state index < -0.39 is 0 Å². The van der Waals surface area contributed by atoms with Crippen molar-refractivity contribution in [2.45, 2.75) is 6.54 Å². The molecule has 0 radical (unpaired) electrons. The van der Waals surface area contributed by atoms with Gasteiger partial charge < -0.3 is 14.4 Å². The second-order valence-corrected chi connectivity index (χ2v) is 4.41. The van der Waals surface area contributed by atoms with E-state index in [9.17, 15) is 9.59 Å². The molecular formula is C13H16N2O3. The molecule has 0 aromatic heterocycles. The van der Waals surface area contributed by atoms with Crippen LogP contribution in [-0.2, 0) is 16.1 Å². The number of hydrogen-bond donors (Lipinski definition) is 0. The summed E-state index contributed by atoms with van der Waals surface area (Å²) in [5.41, 5.74) is 1.83. The van der Waals surface area contributed by atoms with Crippen molar-refractivity contribution in [2.24, 2.45) is 0 Å². The first-order valence-corrected chi connectivity index (χ1v) is 5.76. The van der Waals surface area contributed by atoms with E-state index in [2.05, 4.69) is 0 Å². The van der Waals surface area contributed by atoms with Crippen molar-refractivity contribution in [2.75, 3.05) is 32.1 Å². The fraction of sp³-hybridized carbons (Fsp3) is 0.385. The summed E-state index contributed by atoms with van der Waals surface area (Å²) < 4.78 is 5.35. The van der Waals surface area contributed by atoms with Crippen molar-refractivity contribution in [1.29, 1.82) is 0 Å². The summed E-state index contributed by atoms with van der Waals surface area (Å²) in [6, 6.07) is 5.74. The standard InChI is InChI=1S/C13H16N2O3/c1-14(5-6-16)8-10-3-4-12-11(7-10)15(2)13(17)9-18-12/h3-4,6-7H,5,8-9H2,1-2H3. The first-order valence-electron chi connectivity index (χ1n) is 5.76. The Morgan fingerprint density at radius 1 is 1.50 bits per heavy atom. The summed E-state index contributed by atoms with van der Waals surface area (Å²) in [6.45, 7) is 1.14. The van der Waals surface area contributed by atoms with E-state index in [1.54, 1.807) is 11.9 Å². The van der Waals surface area contributed by atoms with Crippen LogP contribution in [0.5, 0.6) is 5.75 Å². The van der Waals surface area contributed by atoms with Gasteiger partial charge in [0.1, 0.15) is 12.0 Å². The average molecular weight is 248 g/mol. The fourth-order valence-corrected chi connectivity index (χ4v) is 1.92. The highest BCUT2D eigenvalue weighted by atomic mass is 16.5. The molecule has 0 aliphatic carbocycles. The zero-order valence-electron chi connectivity index (χ0n) is 10.5. The number of fused-ring (bicyclic) bond motifs is 1. The molecule has 0 saturated heterocycles. The maximum atomic E-state index is 11.5. The van der Waals surface area contributed by atoms with E-state index in [0.29, 0.717) is 13.1 Å². The summed E-state index contributed by atoms with van der Waals surface area (Å²) in [7, 11) is 3.61. The first kappa shape index (κ1) is 12.6. The molecule has 5 heteroatoms. The largest absolute Gasteiger partial charge is 0.482 e. The van der Waals surface area contributed by atoms with Gasteiger partial charge in [-0.3, -0.25) is 9.69 Å². The SMILES string of the molecule is CN(CC=O)Cc1ccc2c(c1)N(C)C(=O)CO2. The molecule has 0 bridgehead atoms. The minimum absolute atomic E-state index is 0.0547. The minimum Gasteiger partial charge on any atom is -0.482 e. The molecule has 0 fully saturated rings. The lowest BCUT2D eigenvalue weighted by Gasteiger charge is -2.26. The van der Waals surface area contributed by atoms with Gasteiger partial charge in [-0.1, -0.05) is 6.07 Å². The second-order valence-electron chi connectivity index (χ2n) is 4.41. The van der Waals surface area contributed by atoms with Gasteiger partial charge in [-0.15, -0.1) is 0 Å². The van der Waals surface area contributed by atoms with Gasteiger partial charge in [0.15, 0.2) is 6.61 Å². The molecule has 0 unspecified atom stereocenters. The van der Waals surface area contributed by atoms with E-state index in [-0.39, 0.29) is 12.5 Å². The van der Waals surface area contributed by atoms with Gasteiger partial charge in [-0.2, -0.15) is 0 Å². The number of aldehydes is 1. The Bertz CT molecular complexity index is 473. The molecule has 0 N–H and O–H groups in total. The van der Waals surface area contributed by atoms with Crippen molar-refractivity contribution < 1.29 is 14.3 Å². The number of likely N-dealkylation sites (N-methyl/N-ethyl adjacent to an activating group) is 2. The number of carbonyl (C=O) groups is 2. The van der Waals surface area contributed by atoms with Crippen LogP contribution in [0.4, 0.5) is 5.69 Å². The molecule has 1 aliphatic heterocycles. The molecular weight excluding hydrogens is 232 g/mol. The van der Waals surface area contributed by atoms with Gasteiger partial charge in [-0.25, -0.2) is 0 Å². The molecule has 5 nitrogen and oxygen atoms in total. The zero-order valence-corrected chi connectivity index (χ0v) is 10.5. The third-order valence-corrected chi connectivity index (χ3v) is 2.95. The molecule has 1 aromatic carbocycles. The number of carbonyl (C=O) groups excluding carboxylic acids is 2. The maximum Gasteiger partial charge on any atom is 0.264 e. The Morgan fingerprint density at radius 3 is 3.00 bits per heavy atom. The molecule has 0 saturated carbocycles. The number of nitrogens with zero attached hydrogens (tertiary/aromatic N) is 2. The van der Waals surface area contributed by atoms with E-state index in [0.717, 1.165) is 23.3 Å². The van der Waals surface area contributed by atoms with E-state index in [4.69, 9.17) is 4.74 Å². The van der Waals surface area contributed by atoms with Crippen LogP contribution in [0.3, 0.4) is 0 Å². The lowest BCUT2D eigenvalue weighted by molar-refractivity contribution is -0.121. The van der Waals surface area contributed by atoms with Crippen LogP contribution < -0.4 is 9.64 Å². The van der Waals surface area contributed by atoms with E-state index in [1.807, 2.05) is 30.1 Å². The van der Waals surface area contributed by atoms with Crippen LogP contribution in [-0.4, -0.2) is 44.3 Å².